The first-order chi connectivity index (χ1) is 30.2. The van der Waals surface area contributed by atoms with E-state index in [2.05, 4.69) is 179 Å². The zero-order valence-electron chi connectivity index (χ0n) is 35.2. The largest absolute Gasteiger partial charge is 0.507 e. The lowest BCUT2D eigenvalue weighted by Crippen LogP contribution is -2.23. The first kappa shape index (κ1) is 37.5. The molecule has 11 rings (SSSR count). The van der Waals surface area contributed by atoms with Crippen LogP contribution in [0.5, 0.6) is 11.5 Å². The minimum atomic E-state index is -0.558. The Morgan fingerprint density at radius 3 is 0.935 bits per heavy atom. The van der Waals surface area contributed by atoms with E-state index >= 15 is 0 Å². The summed E-state index contributed by atoms with van der Waals surface area (Å²) in [6.45, 7) is 8.70. The van der Waals surface area contributed by atoms with Crippen LogP contribution in [0.3, 0.4) is 0 Å². The summed E-state index contributed by atoms with van der Waals surface area (Å²) in [6, 6.07) is 65.4. The summed E-state index contributed by atoms with van der Waals surface area (Å²) in [5.74, 6) is 0.538. The van der Waals surface area contributed by atoms with E-state index in [1.54, 1.807) is 0 Å². The number of rotatable bonds is 6. The molecule has 8 aromatic carbocycles. The number of aromatic nitrogens is 1. The molecule has 9 aromatic rings. The van der Waals surface area contributed by atoms with E-state index in [0.717, 1.165) is 67.0 Å². The second-order valence-electron chi connectivity index (χ2n) is 17.3. The molecule has 1 heterocycles. The summed E-state index contributed by atoms with van der Waals surface area (Å²) in [4.78, 5) is 5.37. The Kier molecular flexibility index (Phi) is 8.49. The monoisotopic (exact) mass is 799 g/mol. The highest BCUT2D eigenvalue weighted by atomic mass is 16.3. The topological polar surface area (TPSA) is 53.4 Å². The molecule has 2 aliphatic carbocycles. The minimum Gasteiger partial charge on any atom is -0.507 e. The average Bonchev–Trinajstić information content (AvgIpc) is 3.73. The van der Waals surface area contributed by atoms with Gasteiger partial charge < -0.3 is 10.2 Å². The number of aromatic hydroxyl groups is 2. The maximum atomic E-state index is 12.5. The third-order valence-electron chi connectivity index (χ3n) is 13.8. The van der Waals surface area contributed by atoms with Gasteiger partial charge in [0, 0.05) is 44.2 Å². The normalized spacial score (nSPS) is 13.9. The average molecular weight is 800 g/mol. The number of pyridine rings is 1. The SMILES string of the molecule is Cc1cc(-c2ccccc2-c2cccc(-c3ccccc3-c3cc(C)cc(C4(C)c5ccccc5-c5ccccc54)c3O)n2)c(O)c(C2(C)c3ccccc3-c3ccccc32)c1. The van der Waals surface area contributed by atoms with Gasteiger partial charge in [0.15, 0.2) is 0 Å². The van der Waals surface area contributed by atoms with Gasteiger partial charge in [-0.1, -0.05) is 164 Å². The van der Waals surface area contributed by atoms with Gasteiger partial charge in [0.25, 0.3) is 0 Å². The summed E-state index contributed by atoms with van der Waals surface area (Å²) in [7, 11) is 0. The standard InChI is InChI=1S/C59H45NO2/c1-36-32-46(56(61)52(34-36)58(3)48-26-13-9-20-40(48)41-21-10-14-27-49(41)58)38-18-5-7-24-44(38)54-30-17-31-55(60-54)45-25-8-6-19-39(45)47-33-37(2)35-53(57(47)62)59(4)50-28-15-11-22-42(50)43-23-12-16-29-51(43)59/h5-35,61-62H,1-4H3. The highest BCUT2D eigenvalue weighted by Gasteiger charge is 2.44. The van der Waals surface area contributed by atoms with Gasteiger partial charge in [-0.25, -0.2) is 4.98 Å². The molecule has 0 saturated carbocycles. The van der Waals surface area contributed by atoms with Crippen LogP contribution in [-0.4, -0.2) is 15.2 Å². The summed E-state index contributed by atoms with van der Waals surface area (Å²) in [5, 5.41) is 25.1. The summed E-state index contributed by atoms with van der Waals surface area (Å²) >= 11 is 0. The van der Waals surface area contributed by atoms with Crippen LogP contribution in [0.4, 0.5) is 0 Å². The molecule has 2 aliphatic rings. The predicted molar refractivity (Wildman–Crippen MR) is 254 cm³/mol. The van der Waals surface area contributed by atoms with Gasteiger partial charge in [0.1, 0.15) is 11.5 Å². The number of benzene rings is 8. The molecule has 62 heavy (non-hydrogen) atoms. The van der Waals surface area contributed by atoms with E-state index in [9.17, 15) is 10.2 Å². The minimum absolute atomic E-state index is 0.269. The first-order valence-electron chi connectivity index (χ1n) is 21.4. The van der Waals surface area contributed by atoms with Gasteiger partial charge >= 0.3 is 0 Å². The van der Waals surface area contributed by atoms with E-state index in [1.807, 2.05) is 36.4 Å². The van der Waals surface area contributed by atoms with Crippen molar-refractivity contribution in [2.45, 2.75) is 38.5 Å². The molecule has 0 bridgehead atoms. The number of fused-ring (bicyclic) bond motifs is 6. The van der Waals surface area contributed by atoms with Crippen LogP contribution >= 0.6 is 0 Å². The highest BCUT2D eigenvalue weighted by Crippen LogP contribution is 2.57. The van der Waals surface area contributed by atoms with Crippen LogP contribution in [0.1, 0.15) is 58.4 Å². The Bertz CT molecular complexity index is 2980. The van der Waals surface area contributed by atoms with E-state index in [0.29, 0.717) is 0 Å². The zero-order chi connectivity index (χ0) is 42.3. The van der Waals surface area contributed by atoms with Gasteiger partial charge in [-0.2, -0.15) is 0 Å². The van der Waals surface area contributed by atoms with Crippen LogP contribution in [0.2, 0.25) is 0 Å². The van der Waals surface area contributed by atoms with Crippen LogP contribution in [0.15, 0.2) is 188 Å². The quantitative estimate of drug-likeness (QED) is 0.176. The van der Waals surface area contributed by atoms with Crippen molar-refractivity contribution in [1.29, 1.82) is 0 Å². The molecule has 1 aromatic heterocycles. The van der Waals surface area contributed by atoms with Crippen LogP contribution < -0.4 is 0 Å². The Balaban J connectivity index is 1.03. The Hall–Kier alpha value is -7.49. The molecule has 3 nitrogen and oxygen atoms in total. The lowest BCUT2D eigenvalue weighted by Gasteiger charge is -2.30. The van der Waals surface area contributed by atoms with Crippen LogP contribution in [0, 0.1) is 13.8 Å². The Morgan fingerprint density at radius 2 is 0.597 bits per heavy atom. The van der Waals surface area contributed by atoms with Crippen molar-refractivity contribution in [3.05, 3.63) is 233 Å². The maximum Gasteiger partial charge on any atom is 0.127 e. The van der Waals surface area contributed by atoms with Gasteiger partial charge in [0.2, 0.25) is 0 Å². The fraction of sp³-hybridized carbons (Fsp3) is 0.102. The number of aryl methyl sites for hydroxylation is 2. The molecular formula is C59H45NO2. The molecule has 0 spiro atoms. The molecule has 0 amide bonds. The van der Waals surface area contributed by atoms with E-state index in [4.69, 9.17) is 4.98 Å². The fourth-order valence-electron chi connectivity index (χ4n) is 10.8. The molecule has 0 saturated heterocycles. The van der Waals surface area contributed by atoms with Crippen molar-refractivity contribution in [3.63, 3.8) is 0 Å². The van der Waals surface area contributed by atoms with Gasteiger partial charge in [0.05, 0.1) is 11.4 Å². The maximum absolute atomic E-state index is 12.5. The number of hydrogen-bond donors (Lipinski definition) is 2. The highest BCUT2D eigenvalue weighted by molar-refractivity contribution is 5.92. The molecule has 2 N–H and O–H groups in total. The molecule has 0 aliphatic heterocycles. The smallest absolute Gasteiger partial charge is 0.127 e. The van der Waals surface area contributed by atoms with Crippen LogP contribution in [-0.2, 0) is 10.8 Å². The van der Waals surface area contributed by atoms with Crippen LogP contribution in [0.25, 0.3) is 67.0 Å². The fourth-order valence-corrected chi connectivity index (χ4v) is 10.8. The number of nitrogens with zero attached hydrogens (tertiary/aromatic N) is 1. The third kappa shape index (κ3) is 5.41. The van der Waals surface area contributed by atoms with Crippen molar-refractivity contribution >= 4 is 0 Å². The molecule has 0 radical (unpaired) electrons. The van der Waals surface area contributed by atoms with Gasteiger partial charge in [-0.05, 0) is 119 Å². The van der Waals surface area contributed by atoms with Gasteiger partial charge in [-0.3, -0.25) is 0 Å². The van der Waals surface area contributed by atoms with Crippen molar-refractivity contribution in [3.8, 4) is 78.5 Å². The van der Waals surface area contributed by atoms with E-state index in [-0.39, 0.29) is 11.5 Å². The van der Waals surface area contributed by atoms with Crippen molar-refractivity contribution in [1.82, 2.24) is 4.98 Å². The molecule has 0 fully saturated rings. The number of phenols is 2. The Labute approximate surface area is 363 Å². The molecular weight excluding hydrogens is 755 g/mol. The predicted octanol–water partition coefficient (Wildman–Crippen LogP) is 14.4. The van der Waals surface area contributed by atoms with Crippen molar-refractivity contribution in [2.24, 2.45) is 0 Å². The van der Waals surface area contributed by atoms with E-state index in [1.165, 1.54) is 44.5 Å². The molecule has 298 valence electrons. The first-order valence-corrected chi connectivity index (χ1v) is 21.4. The summed E-state index contributed by atoms with van der Waals surface area (Å²) in [5.41, 5.74) is 19.1. The Morgan fingerprint density at radius 1 is 0.306 bits per heavy atom. The summed E-state index contributed by atoms with van der Waals surface area (Å²) in [6.07, 6.45) is 0. The van der Waals surface area contributed by atoms with Crippen molar-refractivity contribution in [2.75, 3.05) is 0 Å². The van der Waals surface area contributed by atoms with E-state index < -0.39 is 10.8 Å². The molecule has 0 atom stereocenters. The van der Waals surface area contributed by atoms with Crippen molar-refractivity contribution < 1.29 is 10.2 Å². The number of phenolic OH excluding ortho intramolecular Hbond substituents is 2. The molecule has 3 heteroatoms. The zero-order valence-corrected chi connectivity index (χ0v) is 35.2. The van der Waals surface area contributed by atoms with Gasteiger partial charge in [-0.15, -0.1) is 0 Å². The lowest BCUT2D eigenvalue weighted by molar-refractivity contribution is 0.460. The second-order valence-corrected chi connectivity index (χ2v) is 17.3. The summed E-state index contributed by atoms with van der Waals surface area (Å²) < 4.78 is 0. The molecule has 0 unspecified atom stereocenters. The number of hydrogen-bond acceptors (Lipinski definition) is 3. The second kappa shape index (κ2) is 14.0. The lowest BCUT2D eigenvalue weighted by atomic mass is 9.72. The third-order valence-corrected chi connectivity index (χ3v) is 13.8.